The number of carbonyl (C=O) groups is 1. The molecule has 0 aromatic heterocycles. The Morgan fingerprint density at radius 1 is 1.29 bits per heavy atom. The van der Waals surface area contributed by atoms with Crippen LogP contribution in [0.5, 0.6) is 11.5 Å². The van der Waals surface area contributed by atoms with E-state index in [0.717, 1.165) is 18.8 Å². The summed E-state index contributed by atoms with van der Waals surface area (Å²) >= 11 is 0. The van der Waals surface area contributed by atoms with E-state index in [1.54, 1.807) is 0 Å². The molecule has 0 heterocycles. The number of phenols is 2. The highest BCUT2D eigenvalue weighted by Gasteiger charge is 2.20. The van der Waals surface area contributed by atoms with Gasteiger partial charge in [-0.15, -0.1) is 0 Å². The van der Waals surface area contributed by atoms with Gasteiger partial charge in [0.05, 0.1) is 0 Å². The van der Waals surface area contributed by atoms with Gasteiger partial charge in [0.2, 0.25) is 0 Å². The lowest BCUT2D eigenvalue weighted by molar-refractivity contribution is 0.0947. The quantitative estimate of drug-likeness (QED) is 0.684. The first-order valence-corrected chi connectivity index (χ1v) is 5.97. The Bertz CT molecular complexity index is 393. The number of carbonyl (C=O) groups excluding carboxylic acids is 1. The van der Waals surface area contributed by atoms with Gasteiger partial charge in [-0.3, -0.25) is 4.79 Å². The van der Waals surface area contributed by atoms with Crippen LogP contribution in [0.2, 0.25) is 0 Å². The van der Waals surface area contributed by atoms with Crippen molar-refractivity contribution in [1.82, 2.24) is 5.32 Å². The summed E-state index contributed by atoms with van der Waals surface area (Å²) in [5, 5.41) is 21.7. The molecule has 0 aliphatic heterocycles. The van der Waals surface area contributed by atoms with E-state index in [0.29, 0.717) is 6.54 Å². The van der Waals surface area contributed by atoms with Crippen LogP contribution in [0.1, 0.15) is 36.0 Å². The van der Waals surface area contributed by atoms with Gasteiger partial charge in [-0.2, -0.15) is 0 Å². The van der Waals surface area contributed by atoms with Gasteiger partial charge in [-0.1, -0.05) is 18.9 Å². The van der Waals surface area contributed by atoms with Crippen LogP contribution in [0.3, 0.4) is 0 Å². The zero-order valence-electron chi connectivity index (χ0n) is 9.65. The minimum atomic E-state index is -0.420. The molecule has 0 unspecified atom stereocenters. The lowest BCUT2D eigenvalue weighted by Crippen LogP contribution is -2.24. The third-order valence-corrected chi connectivity index (χ3v) is 3.02. The van der Waals surface area contributed by atoms with Crippen LogP contribution in [-0.4, -0.2) is 22.7 Å². The first-order valence-electron chi connectivity index (χ1n) is 5.97. The maximum Gasteiger partial charge on any atom is 0.258 e. The van der Waals surface area contributed by atoms with E-state index < -0.39 is 5.91 Å². The van der Waals surface area contributed by atoms with Gasteiger partial charge in [0.15, 0.2) is 0 Å². The molecule has 4 heteroatoms. The van der Waals surface area contributed by atoms with Crippen LogP contribution < -0.4 is 5.32 Å². The number of phenolic OH excluding ortho intramolecular Hbond substituents is 2. The summed E-state index contributed by atoms with van der Waals surface area (Å²) in [4.78, 5) is 11.7. The average molecular weight is 235 g/mol. The second-order valence-corrected chi connectivity index (χ2v) is 4.51. The molecule has 1 aromatic rings. The Morgan fingerprint density at radius 2 is 1.94 bits per heavy atom. The monoisotopic (exact) mass is 235 g/mol. The number of hydrogen-bond donors (Lipinski definition) is 3. The van der Waals surface area contributed by atoms with Gasteiger partial charge in [0, 0.05) is 6.54 Å². The Hall–Kier alpha value is -1.71. The van der Waals surface area contributed by atoms with Crippen LogP contribution in [0.15, 0.2) is 18.2 Å². The molecular weight excluding hydrogens is 218 g/mol. The molecule has 4 nitrogen and oxygen atoms in total. The van der Waals surface area contributed by atoms with Crippen molar-refractivity contribution in [1.29, 1.82) is 0 Å². The molecule has 0 spiro atoms. The van der Waals surface area contributed by atoms with Crippen LogP contribution in [0, 0.1) is 5.92 Å². The first kappa shape index (κ1) is 11.8. The second-order valence-electron chi connectivity index (χ2n) is 4.51. The van der Waals surface area contributed by atoms with Gasteiger partial charge in [0.25, 0.3) is 5.91 Å². The Morgan fingerprint density at radius 3 is 2.53 bits per heavy atom. The van der Waals surface area contributed by atoms with E-state index in [9.17, 15) is 15.0 Å². The standard InChI is InChI=1S/C13H17NO3/c15-10-4-1-5-11(16)12(10)13(17)14-8-2-3-9-6-7-9/h1,4-5,9,15-16H,2-3,6-8H2,(H,14,17). The summed E-state index contributed by atoms with van der Waals surface area (Å²) in [6.45, 7) is 0.586. The molecular formula is C13H17NO3. The van der Waals surface area contributed by atoms with E-state index in [1.165, 1.54) is 31.0 Å². The molecule has 1 aliphatic rings. The molecule has 1 aliphatic carbocycles. The third-order valence-electron chi connectivity index (χ3n) is 3.02. The van der Waals surface area contributed by atoms with Crippen molar-refractivity contribution < 1.29 is 15.0 Å². The smallest absolute Gasteiger partial charge is 0.258 e. The van der Waals surface area contributed by atoms with Gasteiger partial charge in [0.1, 0.15) is 17.1 Å². The molecule has 1 aromatic carbocycles. The van der Waals surface area contributed by atoms with Crippen molar-refractivity contribution >= 4 is 5.91 Å². The van der Waals surface area contributed by atoms with Crippen LogP contribution in [-0.2, 0) is 0 Å². The number of amides is 1. The predicted molar refractivity (Wildman–Crippen MR) is 64.1 cm³/mol. The zero-order chi connectivity index (χ0) is 12.3. The molecule has 3 N–H and O–H groups in total. The average Bonchev–Trinajstić information content (AvgIpc) is 3.08. The Labute approximate surface area is 100 Å². The van der Waals surface area contributed by atoms with Crippen molar-refractivity contribution in [2.45, 2.75) is 25.7 Å². The lowest BCUT2D eigenvalue weighted by Gasteiger charge is -2.08. The van der Waals surface area contributed by atoms with Crippen LogP contribution >= 0.6 is 0 Å². The van der Waals surface area contributed by atoms with Crippen molar-refractivity contribution in [3.8, 4) is 11.5 Å². The maximum atomic E-state index is 11.7. The number of nitrogens with one attached hydrogen (secondary N) is 1. The van der Waals surface area contributed by atoms with E-state index in [2.05, 4.69) is 5.32 Å². The summed E-state index contributed by atoms with van der Waals surface area (Å²) < 4.78 is 0. The number of benzene rings is 1. The van der Waals surface area contributed by atoms with Gasteiger partial charge < -0.3 is 15.5 Å². The lowest BCUT2D eigenvalue weighted by atomic mass is 10.1. The van der Waals surface area contributed by atoms with Gasteiger partial charge in [-0.05, 0) is 30.9 Å². The largest absolute Gasteiger partial charge is 0.507 e. The Kier molecular flexibility index (Phi) is 3.52. The number of rotatable bonds is 5. The fraction of sp³-hybridized carbons (Fsp3) is 0.462. The first-order chi connectivity index (χ1) is 8.18. The summed E-state index contributed by atoms with van der Waals surface area (Å²) in [6.07, 6.45) is 4.72. The molecule has 0 radical (unpaired) electrons. The molecule has 0 atom stereocenters. The van der Waals surface area contributed by atoms with E-state index in [4.69, 9.17) is 0 Å². The fourth-order valence-electron chi connectivity index (χ4n) is 1.85. The summed E-state index contributed by atoms with van der Waals surface area (Å²) in [6, 6.07) is 4.27. The van der Waals surface area contributed by atoms with E-state index in [1.807, 2.05) is 0 Å². The highest BCUT2D eigenvalue weighted by molar-refractivity contribution is 5.99. The molecule has 1 saturated carbocycles. The number of aromatic hydroxyl groups is 2. The zero-order valence-corrected chi connectivity index (χ0v) is 9.65. The number of hydrogen-bond acceptors (Lipinski definition) is 3. The SMILES string of the molecule is O=C(NCCCC1CC1)c1c(O)cccc1O. The summed E-state index contributed by atoms with van der Waals surface area (Å²) in [5.41, 5.74) is -0.0427. The maximum absolute atomic E-state index is 11.7. The highest BCUT2D eigenvalue weighted by Crippen LogP contribution is 2.33. The highest BCUT2D eigenvalue weighted by atomic mass is 16.3. The third kappa shape index (κ3) is 3.12. The van der Waals surface area contributed by atoms with Crippen molar-refractivity contribution in [3.05, 3.63) is 23.8 Å². The van der Waals surface area contributed by atoms with Gasteiger partial charge >= 0.3 is 0 Å². The van der Waals surface area contributed by atoms with Crippen molar-refractivity contribution in [2.24, 2.45) is 5.92 Å². The molecule has 0 saturated heterocycles. The Balaban J connectivity index is 1.85. The van der Waals surface area contributed by atoms with Gasteiger partial charge in [-0.25, -0.2) is 0 Å². The normalized spacial score (nSPS) is 14.6. The molecule has 2 rings (SSSR count). The molecule has 17 heavy (non-hydrogen) atoms. The minimum Gasteiger partial charge on any atom is -0.507 e. The van der Waals surface area contributed by atoms with Crippen molar-refractivity contribution in [3.63, 3.8) is 0 Å². The van der Waals surface area contributed by atoms with Crippen LogP contribution in [0.4, 0.5) is 0 Å². The fourth-order valence-corrected chi connectivity index (χ4v) is 1.85. The minimum absolute atomic E-state index is 0.0427. The topological polar surface area (TPSA) is 69.6 Å². The molecule has 92 valence electrons. The van der Waals surface area contributed by atoms with E-state index >= 15 is 0 Å². The van der Waals surface area contributed by atoms with E-state index in [-0.39, 0.29) is 17.1 Å². The summed E-state index contributed by atoms with van der Waals surface area (Å²) in [5.74, 6) is 0.0521. The molecule has 0 bridgehead atoms. The summed E-state index contributed by atoms with van der Waals surface area (Å²) in [7, 11) is 0. The predicted octanol–water partition coefficient (Wildman–Crippen LogP) is 2.02. The van der Waals surface area contributed by atoms with Crippen LogP contribution in [0.25, 0.3) is 0 Å². The van der Waals surface area contributed by atoms with Crippen molar-refractivity contribution in [2.75, 3.05) is 6.54 Å². The molecule has 1 fully saturated rings. The molecule has 1 amide bonds. The second kappa shape index (κ2) is 5.08.